The van der Waals surface area contributed by atoms with Gasteiger partial charge in [-0.05, 0) is 55.3 Å². The molecule has 0 fully saturated rings. The lowest BCUT2D eigenvalue weighted by molar-refractivity contribution is 0.884. The molecular formula is C15H15Br2N. The zero-order chi connectivity index (χ0) is 13.1. The third kappa shape index (κ3) is 3.59. The molecule has 2 rings (SSSR count). The number of hydrogen-bond acceptors (Lipinski definition) is 1. The maximum absolute atomic E-state index is 3.52. The van der Waals surface area contributed by atoms with Gasteiger partial charge in [-0.2, -0.15) is 0 Å². The van der Waals surface area contributed by atoms with E-state index in [-0.39, 0.29) is 6.04 Å². The van der Waals surface area contributed by atoms with Crippen LogP contribution in [0.4, 0.5) is 5.69 Å². The Morgan fingerprint density at radius 2 is 1.61 bits per heavy atom. The molecule has 1 nitrogen and oxygen atoms in total. The van der Waals surface area contributed by atoms with E-state index in [1.54, 1.807) is 0 Å². The Morgan fingerprint density at radius 3 is 2.22 bits per heavy atom. The van der Waals surface area contributed by atoms with E-state index < -0.39 is 0 Å². The van der Waals surface area contributed by atoms with Gasteiger partial charge in [-0.3, -0.25) is 0 Å². The highest BCUT2D eigenvalue weighted by Gasteiger charge is 2.05. The van der Waals surface area contributed by atoms with Crippen molar-refractivity contribution < 1.29 is 0 Å². The standard InChI is InChI=1S/C15H15Br2N/c1-10-7-14(17)9-15(8-10)18-11(2)12-3-5-13(16)6-4-12/h3-9,11,18H,1-2H3. The summed E-state index contributed by atoms with van der Waals surface area (Å²) in [5, 5.41) is 3.51. The second-order valence-corrected chi connectivity index (χ2v) is 6.27. The van der Waals surface area contributed by atoms with Crippen molar-refractivity contribution in [3.63, 3.8) is 0 Å². The number of halogens is 2. The number of anilines is 1. The predicted octanol–water partition coefficient (Wildman–Crippen LogP) is 5.69. The van der Waals surface area contributed by atoms with Gasteiger partial charge in [0.05, 0.1) is 0 Å². The quantitative estimate of drug-likeness (QED) is 0.733. The fourth-order valence-electron chi connectivity index (χ4n) is 1.90. The van der Waals surface area contributed by atoms with Crippen molar-refractivity contribution in [3.05, 3.63) is 62.5 Å². The number of nitrogens with one attached hydrogen (secondary N) is 1. The summed E-state index contributed by atoms with van der Waals surface area (Å²) in [6.45, 7) is 4.26. The van der Waals surface area contributed by atoms with Crippen LogP contribution in [0.15, 0.2) is 51.4 Å². The average molecular weight is 369 g/mol. The first kappa shape index (κ1) is 13.6. The largest absolute Gasteiger partial charge is 0.378 e. The molecule has 2 aromatic rings. The van der Waals surface area contributed by atoms with Crippen LogP contribution in [0.3, 0.4) is 0 Å². The first-order chi connectivity index (χ1) is 8.54. The van der Waals surface area contributed by atoms with Gasteiger partial charge in [-0.15, -0.1) is 0 Å². The molecule has 1 unspecified atom stereocenters. The minimum absolute atomic E-state index is 0.284. The SMILES string of the molecule is Cc1cc(Br)cc(NC(C)c2ccc(Br)cc2)c1. The third-order valence-corrected chi connectivity index (χ3v) is 3.78. The number of aryl methyl sites for hydroxylation is 1. The summed E-state index contributed by atoms with van der Waals surface area (Å²) < 4.78 is 2.21. The molecule has 0 amide bonds. The topological polar surface area (TPSA) is 12.0 Å². The second kappa shape index (κ2) is 5.89. The van der Waals surface area contributed by atoms with Crippen LogP contribution in [0, 0.1) is 6.92 Å². The molecule has 0 aliphatic rings. The molecule has 0 aromatic heterocycles. The van der Waals surface area contributed by atoms with Crippen LogP contribution in [0.25, 0.3) is 0 Å². The number of hydrogen-bond donors (Lipinski definition) is 1. The van der Waals surface area contributed by atoms with Gasteiger partial charge < -0.3 is 5.32 Å². The summed E-state index contributed by atoms with van der Waals surface area (Å²) in [4.78, 5) is 0. The Hall–Kier alpha value is -0.800. The van der Waals surface area contributed by atoms with Crippen LogP contribution >= 0.6 is 31.9 Å². The highest BCUT2D eigenvalue weighted by molar-refractivity contribution is 9.10. The molecule has 0 bridgehead atoms. The van der Waals surface area contributed by atoms with E-state index >= 15 is 0 Å². The van der Waals surface area contributed by atoms with Gasteiger partial charge in [0.15, 0.2) is 0 Å². The first-order valence-electron chi connectivity index (χ1n) is 5.84. The fraction of sp³-hybridized carbons (Fsp3) is 0.200. The smallest absolute Gasteiger partial charge is 0.0485 e. The summed E-state index contributed by atoms with van der Waals surface area (Å²) in [5.74, 6) is 0. The van der Waals surface area contributed by atoms with E-state index in [9.17, 15) is 0 Å². The van der Waals surface area contributed by atoms with E-state index in [1.165, 1.54) is 11.1 Å². The van der Waals surface area contributed by atoms with E-state index in [4.69, 9.17) is 0 Å². The Labute approximate surface area is 125 Å². The molecule has 0 spiro atoms. The molecule has 18 heavy (non-hydrogen) atoms. The van der Waals surface area contributed by atoms with Crippen LogP contribution in [0.5, 0.6) is 0 Å². The summed E-state index contributed by atoms with van der Waals surface area (Å²) in [6, 6.07) is 15.0. The van der Waals surface area contributed by atoms with E-state index in [2.05, 4.69) is 93.5 Å². The highest BCUT2D eigenvalue weighted by Crippen LogP contribution is 2.24. The minimum atomic E-state index is 0.284. The van der Waals surface area contributed by atoms with E-state index in [0.29, 0.717) is 0 Å². The Bertz CT molecular complexity index is 514. The lowest BCUT2D eigenvalue weighted by Gasteiger charge is -2.16. The third-order valence-electron chi connectivity index (χ3n) is 2.80. The van der Waals surface area contributed by atoms with Crippen LogP contribution < -0.4 is 5.32 Å². The first-order valence-corrected chi connectivity index (χ1v) is 7.42. The van der Waals surface area contributed by atoms with Gasteiger partial charge in [0.2, 0.25) is 0 Å². The molecule has 2 aromatic carbocycles. The Kier molecular flexibility index (Phi) is 4.46. The Balaban J connectivity index is 2.15. The molecule has 0 heterocycles. The summed E-state index contributed by atoms with van der Waals surface area (Å²) >= 11 is 6.98. The van der Waals surface area contributed by atoms with Gasteiger partial charge in [0.25, 0.3) is 0 Å². The Morgan fingerprint density at radius 1 is 0.944 bits per heavy atom. The van der Waals surface area contributed by atoms with E-state index in [1.807, 2.05) is 0 Å². The van der Waals surface area contributed by atoms with Crippen molar-refractivity contribution in [1.82, 2.24) is 0 Å². The van der Waals surface area contributed by atoms with Gasteiger partial charge in [0, 0.05) is 20.7 Å². The molecular weight excluding hydrogens is 354 g/mol. The van der Waals surface area contributed by atoms with E-state index in [0.717, 1.165) is 14.6 Å². The van der Waals surface area contributed by atoms with Crippen molar-refractivity contribution in [2.75, 3.05) is 5.32 Å². The summed E-state index contributed by atoms with van der Waals surface area (Å²) in [6.07, 6.45) is 0. The number of benzene rings is 2. The van der Waals surface area contributed by atoms with Crippen molar-refractivity contribution in [2.24, 2.45) is 0 Å². The van der Waals surface area contributed by atoms with Crippen LogP contribution in [0.2, 0.25) is 0 Å². The maximum atomic E-state index is 3.52. The molecule has 0 aliphatic carbocycles. The maximum Gasteiger partial charge on any atom is 0.0485 e. The molecule has 94 valence electrons. The molecule has 1 atom stereocenters. The molecule has 3 heteroatoms. The molecule has 0 aliphatic heterocycles. The zero-order valence-electron chi connectivity index (χ0n) is 10.4. The highest BCUT2D eigenvalue weighted by atomic mass is 79.9. The summed E-state index contributed by atoms with van der Waals surface area (Å²) in [7, 11) is 0. The van der Waals surface area contributed by atoms with Gasteiger partial charge >= 0.3 is 0 Å². The fourth-order valence-corrected chi connectivity index (χ4v) is 2.78. The van der Waals surface area contributed by atoms with Crippen LogP contribution in [-0.2, 0) is 0 Å². The summed E-state index contributed by atoms with van der Waals surface area (Å²) in [5.41, 5.74) is 3.66. The average Bonchev–Trinajstić information content (AvgIpc) is 2.28. The molecule has 0 saturated heterocycles. The lowest BCUT2D eigenvalue weighted by atomic mass is 10.1. The molecule has 0 saturated carbocycles. The lowest BCUT2D eigenvalue weighted by Crippen LogP contribution is -2.06. The van der Waals surface area contributed by atoms with Crippen LogP contribution in [0.1, 0.15) is 24.1 Å². The van der Waals surface area contributed by atoms with Crippen molar-refractivity contribution in [2.45, 2.75) is 19.9 Å². The van der Waals surface area contributed by atoms with Gasteiger partial charge in [0.1, 0.15) is 0 Å². The van der Waals surface area contributed by atoms with Crippen molar-refractivity contribution in [3.8, 4) is 0 Å². The zero-order valence-corrected chi connectivity index (χ0v) is 13.5. The molecule has 0 radical (unpaired) electrons. The molecule has 1 N–H and O–H groups in total. The van der Waals surface area contributed by atoms with Crippen molar-refractivity contribution in [1.29, 1.82) is 0 Å². The number of rotatable bonds is 3. The monoisotopic (exact) mass is 367 g/mol. The minimum Gasteiger partial charge on any atom is -0.378 e. The predicted molar refractivity (Wildman–Crippen MR) is 85.1 cm³/mol. The van der Waals surface area contributed by atoms with Crippen molar-refractivity contribution >= 4 is 37.5 Å². The van der Waals surface area contributed by atoms with Crippen LogP contribution in [-0.4, -0.2) is 0 Å². The second-order valence-electron chi connectivity index (χ2n) is 4.43. The normalized spacial score (nSPS) is 12.2. The van der Waals surface area contributed by atoms with Gasteiger partial charge in [-0.1, -0.05) is 44.0 Å². The van der Waals surface area contributed by atoms with Gasteiger partial charge in [-0.25, -0.2) is 0 Å².